The lowest BCUT2D eigenvalue weighted by Gasteiger charge is -2.40. The third-order valence-electron chi connectivity index (χ3n) is 5.26. The topological polar surface area (TPSA) is 43.1 Å². The van der Waals surface area contributed by atoms with E-state index in [4.69, 9.17) is 4.42 Å². The number of nitrogens with zero attached hydrogens (tertiary/aromatic N) is 1. The second kappa shape index (κ2) is 5.80. The fourth-order valence-electron chi connectivity index (χ4n) is 3.64. The van der Waals surface area contributed by atoms with Gasteiger partial charge in [0.05, 0.1) is 10.9 Å². The molecule has 0 fully saturated rings. The summed E-state index contributed by atoms with van der Waals surface area (Å²) in [5.74, 6) is 1.35. The summed E-state index contributed by atoms with van der Waals surface area (Å²) in [5, 5.41) is 0.568. The van der Waals surface area contributed by atoms with Crippen molar-refractivity contribution in [2.45, 2.75) is 40.0 Å². The molecule has 2 heterocycles. The molecule has 23 heavy (non-hydrogen) atoms. The van der Waals surface area contributed by atoms with Crippen LogP contribution in [0.4, 0.5) is 0 Å². The summed E-state index contributed by atoms with van der Waals surface area (Å²) in [6.07, 6.45) is 11.1. The van der Waals surface area contributed by atoms with Gasteiger partial charge in [-0.1, -0.05) is 39.0 Å². The smallest absolute Gasteiger partial charge is 0.345 e. The Bertz CT molecular complexity index is 844. The number of aromatic nitrogens is 1. The molecule has 0 amide bonds. The molecule has 3 heteroatoms. The maximum absolute atomic E-state index is 12.2. The van der Waals surface area contributed by atoms with Crippen LogP contribution in [0.25, 0.3) is 17.0 Å². The Balaban J connectivity index is 2.33. The molecule has 0 saturated carbocycles. The minimum Gasteiger partial charge on any atom is -0.423 e. The van der Waals surface area contributed by atoms with Crippen LogP contribution in [0.2, 0.25) is 0 Å². The van der Waals surface area contributed by atoms with Gasteiger partial charge < -0.3 is 4.42 Å². The van der Waals surface area contributed by atoms with Gasteiger partial charge in [0.25, 0.3) is 0 Å². The van der Waals surface area contributed by atoms with Crippen LogP contribution in [0.15, 0.2) is 45.8 Å². The molecule has 2 aromatic heterocycles. The van der Waals surface area contributed by atoms with Gasteiger partial charge in [-0.2, -0.15) is 0 Å². The van der Waals surface area contributed by atoms with Crippen LogP contribution in [0.1, 0.15) is 51.4 Å². The van der Waals surface area contributed by atoms with Crippen LogP contribution in [0, 0.1) is 11.3 Å². The van der Waals surface area contributed by atoms with E-state index in [1.165, 1.54) is 0 Å². The molecular formula is C20H23NO2. The standard InChI is InChI=1S/C20H23NO2/c1-5-11-20(4,13(2)3)15-9-6-10-16-17(15)18-14(19(22)23-16)8-7-12-21-18/h5-8,10-13,15H,9H2,1-4H3. The van der Waals surface area contributed by atoms with Gasteiger partial charge in [-0.15, -0.1) is 0 Å². The van der Waals surface area contributed by atoms with E-state index in [2.05, 4.69) is 50.9 Å². The van der Waals surface area contributed by atoms with Crippen molar-refractivity contribution in [3.63, 3.8) is 0 Å². The first kappa shape index (κ1) is 15.7. The quantitative estimate of drug-likeness (QED) is 0.755. The van der Waals surface area contributed by atoms with Crippen LogP contribution in [0.5, 0.6) is 0 Å². The minimum atomic E-state index is -0.311. The van der Waals surface area contributed by atoms with Crippen LogP contribution >= 0.6 is 0 Å². The monoisotopic (exact) mass is 309 g/mol. The maximum Gasteiger partial charge on any atom is 0.345 e. The van der Waals surface area contributed by atoms with E-state index in [-0.39, 0.29) is 17.0 Å². The number of hydrogen-bond acceptors (Lipinski definition) is 3. The molecule has 0 bridgehead atoms. The van der Waals surface area contributed by atoms with E-state index < -0.39 is 0 Å². The fraction of sp³-hybridized carbons (Fsp3) is 0.400. The van der Waals surface area contributed by atoms with Gasteiger partial charge in [-0.3, -0.25) is 4.98 Å². The summed E-state index contributed by atoms with van der Waals surface area (Å²) in [7, 11) is 0. The van der Waals surface area contributed by atoms with Crippen LogP contribution in [-0.4, -0.2) is 4.98 Å². The SMILES string of the molecule is CC=CC(C)(C(C)C)C1CC=Cc2oc(=O)c3cccnc3c21. The zero-order valence-electron chi connectivity index (χ0n) is 14.2. The highest BCUT2D eigenvalue weighted by molar-refractivity contribution is 5.83. The lowest BCUT2D eigenvalue weighted by Crippen LogP contribution is -2.31. The maximum atomic E-state index is 12.2. The van der Waals surface area contributed by atoms with Gasteiger partial charge in [0.15, 0.2) is 0 Å². The summed E-state index contributed by atoms with van der Waals surface area (Å²) in [5.41, 5.74) is 1.51. The molecule has 1 aliphatic carbocycles. The molecule has 120 valence electrons. The van der Waals surface area contributed by atoms with Crippen molar-refractivity contribution in [3.8, 4) is 0 Å². The van der Waals surface area contributed by atoms with Crippen molar-refractivity contribution in [3.05, 3.63) is 58.3 Å². The van der Waals surface area contributed by atoms with E-state index in [1.54, 1.807) is 18.3 Å². The molecule has 2 unspecified atom stereocenters. The van der Waals surface area contributed by atoms with Gasteiger partial charge >= 0.3 is 5.63 Å². The number of rotatable bonds is 3. The Morgan fingerprint density at radius 2 is 2.22 bits per heavy atom. The molecule has 0 aliphatic heterocycles. The molecule has 1 aliphatic rings. The highest BCUT2D eigenvalue weighted by Crippen LogP contribution is 2.49. The molecule has 0 radical (unpaired) electrons. The normalized spacial score (nSPS) is 20.1. The molecule has 0 N–H and O–H groups in total. The molecule has 0 saturated heterocycles. The number of allylic oxidation sites excluding steroid dienone is 3. The third-order valence-corrected chi connectivity index (χ3v) is 5.26. The molecule has 0 spiro atoms. The van der Waals surface area contributed by atoms with E-state index in [9.17, 15) is 4.79 Å². The number of hydrogen-bond donors (Lipinski definition) is 0. The first-order valence-corrected chi connectivity index (χ1v) is 8.21. The van der Waals surface area contributed by atoms with Gasteiger partial charge in [0.1, 0.15) is 5.76 Å². The molecule has 2 aromatic rings. The third kappa shape index (κ3) is 2.44. The summed E-state index contributed by atoms with van der Waals surface area (Å²) in [6, 6.07) is 3.58. The Hall–Kier alpha value is -2.16. The zero-order valence-corrected chi connectivity index (χ0v) is 14.2. The molecule has 3 rings (SSSR count). The van der Waals surface area contributed by atoms with Crippen LogP contribution in [0.3, 0.4) is 0 Å². The molecule has 2 atom stereocenters. The van der Waals surface area contributed by atoms with Crippen molar-refractivity contribution in [2.24, 2.45) is 11.3 Å². The van der Waals surface area contributed by atoms with Crippen molar-refractivity contribution < 1.29 is 4.42 Å². The van der Waals surface area contributed by atoms with Crippen molar-refractivity contribution >= 4 is 17.0 Å². The number of pyridine rings is 1. The molecular weight excluding hydrogens is 286 g/mol. The van der Waals surface area contributed by atoms with Crippen molar-refractivity contribution in [1.82, 2.24) is 4.98 Å². The van der Waals surface area contributed by atoms with E-state index in [0.717, 1.165) is 17.5 Å². The van der Waals surface area contributed by atoms with E-state index in [1.807, 2.05) is 6.08 Å². The first-order chi connectivity index (χ1) is 11.0. The summed E-state index contributed by atoms with van der Waals surface area (Å²) >= 11 is 0. The average molecular weight is 309 g/mol. The van der Waals surface area contributed by atoms with Crippen LogP contribution in [-0.2, 0) is 0 Å². The first-order valence-electron chi connectivity index (χ1n) is 8.21. The largest absolute Gasteiger partial charge is 0.423 e. The Morgan fingerprint density at radius 3 is 2.91 bits per heavy atom. The number of fused-ring (bicyclic) bond motifs is 3. The second-order valence-electron chi connectivity index (χ2n) is 6.78. The van der Waals surface area contributed by atoms with E-state index >= 15 is 0 Å². The van der Waals surface area contributed by atoms with Crippen LogP contribution < -0.4 is 5.63 Å². The zero-order chi connectivity index (χ0) is 16.6. The van der Waals surface area contributed by atoms with Gasteiger partial charge in [0.2, 0.25) is 0 Å². The van der Waals surface area contributed by atoms with Gasteiger partial charge in [-0.05, 0) is 42.9 Å². The summed E-state index contributed by atoms with van der Waals surface area (Å²) in [4.78, 5) is 16.7. The minimum absolute atomic E-state index is 0.0291. The highest BCUT2D eigenvalue weighted by atomic mass is 16.4. The lowest BCUT2D eigenvalue weighted by atomic mass is 9.64. The molecule has 3 nitrogen and oxygen atoms in total. The average Bonchev–Trinajstić information content (AvgIpc) is 2.54. The fourth-order valence-corrected chi connectivity index (χ4v) is 3.64. The lowest BCUT2D eigenvalue weighted by molar-refractivity contribution is 0.232. The van der Waals surface area contributed by atoms with Crippen molar-refractivity contribution in [1.29, 1.82) is 0 Å². The predicted molar refractivity (Wildman–Crippen MR) is 94.4 cm³/mol. The van der Waals surface area contributed by atoms with Gasteiger partial charge in [-0.25, -0.2) is 4.79 Å². The summed E-state index contributed by atoms with van der Waals surface area (Å²) in [6.45, 7) is 8.83. The van der Waals surface area contributed by atoms with E-state index in [0.29, 0.717) is 17.1 Å². The predicted octanol–water partition coefficient (Wildman–Crippen LogP) is 4.93. The Labute approximate surface area is 136 Å². The Kier molecular flexibility index (Phi) is 3.97. The van der Waals surface area contributed by atoms with Crippen molar-refractivity contribution in [2.75, 3.05) is 0 Å². The Morgan fingerprint density at radius 1 is 1.43 bits per heavy atom. The second-order valence-corrected chi connectivity index (χ2v) is 6.78. The highest BCUT2D eigenvalue weighted by Gasteiger charge is 2.39. The van der Waals surface area contributed by atoms with Gasteiger partial charge in [0, 0.05) is 17.7 Å². The summed E-state index contributed by atoms with van der Waals surface area (Å²) < 4.78 is 5.59. The molecule has 0 aromatic carbocycles.